The molecule has 3 N–H and O–H groups in total. The molecule has 35 heavy (non-hydrogen) atoms. The predicted molar refractivity (Wildman–Crippen MR) is 119 cm³/mol. The van der Waals surface area contributed by atoms with E-state index in [0.717, 1.165) is 6.20 Å². The van der Waals surface area contributed by atoms with Gasteiger partial charge in [0.1, 0.15) is 16.9 Å². The van der Waals surface area contributed by atoms with Gasteiger partial charge in [-0.15, -0.1) is 11.3 Å². The molecule has 3 aromatic heterocycles. The number of nitrogens with two attached hydrogens (primary N) is 1. The summed E-state index contributed by atoms with van der Waals surface area (Å²) in [5, 5.41) is 13.2. The van der Waals surface area contributed by atoms with E-state index in [1.165, 1.54) is 22.3 Å². The third-order valence-corrected chi connectivity index (χ3v) is 6.53. The summed E-state index contributed by atoms with van der Waals surface area (Å²) < 4.78 is 52.5. The number of ether oxygens (including phenoxy) is 2. The molecule has 0 saturated carbocycles. The second-order valence-electron chi connectivity index (χ2n) is 7.90. The normalized spacial score (nSPS) is 23.2. The maximum atomic E-state index is 13.8. The summed E-state index contributed by atoms with van der Waals surface area (Å²) in [4.78, 5) is 23.7. The van der Waals surface area contributed by atoms with Crippen LogP contribution >= 0.6 is 11.3 Å². The summed E-state index contributed by atoms with van der Waals surface area (Å²) in [6.45, 7) is 3.54. The molecule has 15 heteroatoms. The Morgan fingerprint density at radius 3 is 2.63 bits per heavy atom. The van der Waals surface area contributed by atoms with E-state index in [-0.39, 0.29) is 23.0 Å². The highest BCUT2D eigenvalue weighted by Gasteiger charge is 2.43. The average Bonchev–Trinajstić information content (AvgIpc) is 3.46. The van der Waals surface area contributed by atoms with E-state index in [4.69, 9.17) is 15.2 Å². The highest BCUT2D eigenvalue weighted by atomic mass is 32.1. The molecule has 0 spiro atoms. The van der Waals surface area contributed by atoms with Crippen LogP contribution in [0.1, 0.15) is 23.7 Å². The molecular weight excluding hydrogens is 489 g/mol. The van der Waals surface area contributed by atoms with Crippen molar-refractivity contribution in [2.75, 3.05) is 41.8 Å². The minimum Gasteiger partial charge on any atom is -0.378 e. The van der Waals surface area contributed by atoms with Gasteiger partial charge in [0, 0.05) is 42.5 Å². The molecule has 11 nitrogen and oxygen atoms in total. The van der Waals surface area contributed by atoms with Crippen molar-refractivity contribution in [2.24, 2.45) is 0 Å². The molecule has 3 atom stereocenters. The highest BCUT2D eigenvalue weighted by molar-refractivity contribution is 7.09. The SMILES string of the molecule is C[C@H]1[C@H](c2nccs2)OC(O)N1c1cc(-c2cnc(N)nc2C(F)(F)F)nc(N2CCOCC2)n1. The minimum absolute atomic E-state index is 0.0686. The molecule has 3 aromatic rings. The summed E-state index contributed by atoms with van der Waals surface area (Å²) in [6.07, 6.45) is -4.14. The third-order valence-electron chi connectivity index (χ3n) is 5.69. The lowest BCUT2D eigenvalue weighted by molar-refractivity contribution is -0.140. The first-order chi connectivity index (χ1) is 16.7. The average molecular weight is 511 g/mol. The maximum Gasteiger partial charge on any atom is 0.434 e. The molecule has 5 heterocycles. The van der Waals surface area contributed by atoms with Gasteiger partial charge in [-0.1, -0.05) is 0 Å². The number of aliphatic hydroxyl groups is 1. The van der Waals surface area contributed by atoms with Crippen molar-refractivity contribution in [3.63, 3.8) is 0 Å². The Morgan fingerprint density at radius 2 is 1.94 bits per heavy atom. The molecule has 0 aliphatic carbocycles. The van der Waals surface area contributed by atoms with Crippen LogP contribution < -0.4 is 15.5 Å². The summed E-state index contributed by atoms with van der Waals surface area (Å²) >= 11 is 1.37. The fraction of sp³-hybridized carbons (Fsp3) is 0.450. The molecule has 2 aliphatic rings. The lowest BCUT2D eigenvalue weighted by Gasteiger charge is -2.30. The Morgan fingerprint density at radius 1 is 1.17 bits per heavy atom. The third kappa shape index (κ3) is 4.59. The van der Waals surface area contributed by atoms with Crippen LogP contribution in [0.25, 0.3) is 11.3 Å². The molecule has 0 amide bonds. The summed E-state index contributed by atoms with van der Waals surface area (Å²) in [5.41, 5.74) is 3.80. The molecule has 1 unspecified atom stereocenters. The van der Waals surface area contributed by atoms with Crippen LogP contribution in [0, 0.1) is 0 Å². The standard InChI is InChI=1S/C20H21F3N8O3S/c1-10-14(16-25-2-7-35-16)34-19(32)31(10)13-8-12(27-18(28-13)30-3-5-33-6-4-30)11-9-26-17(24)29-15(11)20(21,22)23/h2,7-10,14,19,32H,3-6H2,1H3,(H2,24,26,29)/t10-,14+,19?/m0/s1. The Hall–Kier alpha value is -3.14. The number of hydrogen-bond acceptors (Lipinski definition) is 12. The predicted octanol–water partition coefficient (Wildman–Crippen LogP) is 2.07. The summed E-state index contributed by atoms with van der Waals surface area (Å²) in [6, 6.07) is 0.919. The van der Waals surface area contributed by atoms with Gasteiger partial charge in [-0.05, 0) is 6.92 Å². The first-order valence-corrected chi connectivity index (χ1v) is 11.5. The first kappa shape index (κ1) is 23.6. The van der Waals surface area contributed by atoms with E-state index >= 15 is 0 Å². The number of aliphatic hydroxyl groups excluding tert-OH is 1. The zero-order chi connectivity index (χ0) is 24.7. The van der Waals surface area contributed by atoms with Gasteiger partial charge in [0.15, 0.2) is 5.69 Å². The van der Waals surface area contributed by atoms with Crippen molar-refractivity contribution in [2.45, 2.75) is 31.7 Å². The molecule has 2 fully saturated rings. The van der Waals surface area contributed by atoms with E-state index < -0.39 is 36.4 Å². The van der Waals surface area contributed by atoms with Gasteiger partial charge in [0.05, 0.1) is 24.9 Å². The van der Waals surface area contributed by atoms with E-state index in [9.17, 15) is 18.3 Å². The van der Waals surface area contributed by atoms with Crippen LogP contribution in [0.5, 0.6) is 0 Å². The highest BCUT2D eigenvalue weighted by Crippen LogP contribution is 2.40. The van der Waals surface area contributed by atoms with Crippen molar-refractivity contribution >= 4 is 29.1 Å². The number of nitrogen functional groups attached to an aromatic ring is 1. The molecule has 5 rings (SSSR count). The Labute approximate surface area is 201 Å². The van der Waals surface area contributed by atoms with Gasteiger partial charge >= 0.3 is 6.18 Å². The van der Waals surface area contributed by atoms with Crippen LogP contribution in [-0.4, -0.2) is 68.8 Å². The molecule has 186 valence electrons. The van der Waals surface area contributed by atoms with Gasteiger partial charge in [-0.2, -0.15) is 18.2 Å². The van der Waals surface area contributed by atoms with E-state index in [2.05, 4.69) is 24.9 Å². The summed E-state index contributed by atoms with van der Waals surface area (Å²) in [7, 11) is 0. The second kappa shape index (κ2) is 9.14. The smallest absolute Gasteiger partial charge is 0.378 e. The van der Waals surface area contributed by atoms with Crippen LogP contribution in [-0.2, 0) is 15.7 Å². The van der Waals surface area contributed by atoms with Crippen molar-refractivity contribution in [3.8, 4) is 11.3 Å². The number of nitrogens with zero attached hydrogens (tertiary/aromatic N) is 7. The molecule has 2 aliphatic heterocycles. The van der Waals surface area contributed by atoms with Crippen LogP contribution in [0.4, 0.5) is 30.9 Å². The van der Waals surface area contributed by atoms with Gasteiger partial charge < -0.3 is 30.1 Å². The monoisotopic (exact) mass is 510 g/mol. The van der Waals surface area contributed by atoms with E-state index in [1.807, 2.05) is 6.92 Å². The van der Waals surface area contributed by atoms with Crippen LogP contribution in [0.3, 0.4) is 0 Å². The largest absolute Gasteiger partial charge is 0.434 e. The number of thiazole rings is 1. The zero-order valence-corrected chi connectivity index (χ0v) is 19.2. The quantitative estimate of drug-likeness (QED) is 0.534. The lowest BCUT2D eigenvalue weighted by Crippen LogP contribution is -2.39. The zero-order valence-electron chi connectivity index (χ0n) is 18.4. The number of halogens is 3. The Kier molecular flexibility index (Phi) is 6.16. The van der Waals surface area contributed by atoms with Crippen molar-refractivity contribution in [1.82, 2.24) is 24.9 Å². The number of morpholine rings is 1. The van der Waals surface area contributed by atoms with Crippen molar-refractivity contribution in [1.29, 1.82) is 0 Å². The number of aromatic nitrogens is 5. The Bertz CT molecular complexity index is 1190. The van der Waals surface area contributed by atoms with E-state index in [1.54, 1.807) is 16.5 Å². The van der Waals surface area contributed by atoms with Crippen molar-refractivity contribution < 1.29 is 27.8 Å². The van der Waals surface area contributed by atoms with Gasteiger partial charge in [0.2, 0.25) is 18.3 Å². The molecule has 2 saturated heterocycles. The molecular formula is C20H21F3N8O3S. The topological polar surface area (TPSA) is 136 Å². The Balaban J connectivity index is 1.62. The van der Waals surface area contributed by atoms with Crippen LogP contribution in [0.15, 0.2) is 23.8 Å². The van der Waals surface area contributed by atoms with Crippen LogP contribution in [0.2, 0.25) is 0 Å². The molecule has 0 bridgehead atoms. The molecule has 0 aromatic carbocycles. The first-order valence-electron chi connectivity index (χ1n) is 10.7. The number of rotatable bonds is 4. The fourth-order valence-corrected chi connectivity index (χ4v) is 4.78. The van der Waals surface area contributed by atoms with Gasteiger partial charge in [0.25, 0.3) is 0 Å². The maximum absolute atomic E-state index is 13.8. The van der Waals surface area contributed by atoms with Gasteiger partial charge in [-0.25, -0.2) is 19.9 Å². The minimum atomic E-state index is -4.80. The lowest BCUT2D eigenvalue weighted by atomic mass is 10.1. The number of anilines is 3. The second-order valence-corrected chi connectivity index (χ2v) is 8.83. The summed E-state index contributed by atoms with van der Waals surface area (Å²) in [5.74, 6) is -0.143. The van der Waals surface area contributed by atoms with E-state index in [0.29, 0.717) is 31.3 Å². The molecule has 0 radical (unpaired) electrons. The number of hydrogen-bond donors (Lipinski definition) is 2. The van der Waals surface area contributed by atoms with Crippen molar-refractivity contribution in [3.05, 3.63) is 34.5 Å². The fourth-order valence-electron chi connectivity index (χ4n) is 4.01. The number of alkyl halides is 3. The van der Waals surface area contributed by atoms with Gasteiger partial charge in [-0.3, -0.25) is 0 Å².